The maximum Gasteiger partial charge on any atom is 0.217 e. The monoisotopic (exact) mass is 462 g/mol. The van der Waals surface area contributed by atoms with Crippen LogP contribution < -0.4 is 20.7 Å². The molecule has 4 rings (SSSR count). The van der Waals surface area contributed by atoms with Crippen molar-refractivity contribution in [2.75, 3.05) is 0 Å². The number of rotatable bonds is 7. The van der Waals surface area contributed by atoms with Gasteiger partial charge in [-0.1, -0.05) is 121 Å². The molecule has 0 nitrogen and oxygen atoms in total. The minimum atomic E-state index is -2.45. The predicted octanol–water partition coefficient (Wildman–Crippen LogP) is 4.98. The summed E-state index contributed by atoms with van der Waals surface area (Å²) in [7, 11) is -4.91. The van der Waals surface area contributed by atoms with Gasteiger partial charge in [0.15, 0.2) is 0 Å². The van der Waals surface area contributed by atoms with Crippen LogP contribution in [0.1, 0.15) is 0 Å². The Morgan fingerprint density at radius 3 is 0.767 bits per heavy atom. The average molecular weight is 464 g/mol. The van der Waals surface area contributed by atoms with E-state index in [0.717, 1.165) is 12.1 Å². The predicted molar refractivity (Wildman–Crippen MR) is 137 cm³/mol. The maximum absolute atomic E-state index is 7.57. The SMILES string of the molecule is Cl[Si](CC[Si](Cl)(c1ccccc1)c1ccccc1)(c1ccccc1)c1ccccc1. The lowest BCUT2D eigenvalue weighted by Crippen LogP contribution is -2.58. The van der Waals surface area contributed by atoms with E-state index >= 15 is 0 Å². The third kappa shape index (κ3) is 4.33. The molecule has 150 valence electrons. The molecule has 0 heterocycles. The Morgan fingerprint density at radius 1 is 0.367 bits per heavy atom. The van der Waals surface area contributed by atoms with Gasteiger partial charge in [0.1, 0.15) is 0 Å². The van der Waals surface area contributed by atoms with E-state index in [1.807, 2.05) is 0 Å². The first-order valence-corrected chi connectivity index (χ1v) is 16.7. The Hall–Kier alpha value is -2.11. The Labute approximate surface area is 190 Å². The van der Waals surface area contributed by atoms with Crippen LogP contribution in [-0.4, -0.2) is 14.8 Å². The van der Waals surface area contributed by atoms with Gasteiger partial charge >= 0.3 is 0 Å². The molecule has 0 amide bonds. The van der Waals surface area contributed by atoms with Gasteiger partial charge in [0.25, 0.3) is 0 Å². The summed E-state index contributed by atoms with van der Waals surface area (Å²) in [5, 5.41) is 4.97. The molecule has 4 aromatic rings. The Balaban J connectivity index is 1.76. The zero-order valence-corrected chi connectivity index (χ0v) is 20.2. The molecule has 0 saturated heterocycles. The summed E-state index contributed by atoms with van der Waals surface area (Å²) in [6, 6.07) is 44.1. The minimum absolute atomic E-state index is 0.891. The Morgan fingerprint density at radius 2 is 0.567 bits per heavy atom. The molecule has 0 fully saturated rings. The second-order valence-electron chi connectivity index (χ2n) is 7.57. The summed E-state index contributed by atoms with van der Waals surface area (Å²) >= 11 is 15.1. The Bertz CT molecular complexity index is 887. The molecule has 0 aliphatic rings. The molecule has 30 heavy (non-hydrogen) atoms. The molecule has 0 aromatic heterocycles. The van der Waals surface area contributed by atoms with Gasteiger partial charge in [0.2, 0.25) is 14.8 Å². The third-order valence-corrected chi connectivity index (χ3v) is 16.9. The van der Waals surface area contributed by atoms with Gasteiger partial charge < -0.3 is 0 Å². The van der Waals surface area contributed by atoms with Crippen molar-refractivity contribution in [3.63, 3.8) is 0 Å². The van der Waals surface area contributed by atoms with Gasteiger partial charge in [0, 0.05) is 0 Å². The van der Waals surface area contributed by atoms with Crippen molar-refractivity contribution in [2.24, 2.45) is 0 Å². The van der Waals surface area contributed by atoms with E-state index in [1.54, 1.807) is 0 Å². The highest BCUT2D eigenvalue weighted by Gasteiger charge is 2.42. The molecule has 4 aromatic carbocycles. The zero-order valence-electron chi connectivity index (χ0n) is 16.7. The number of hydrogen-bond donors (Lipinski definition) is 0. The lowest BCUT2D eigenvalue weighted by Gasteiger charge is -2.31. The second-order valence-corrected chi connectivity index (χ2v) is 18.0. The molecule has 0 aliphatic heterocycles. The van der Waals surface area contributed by atoms with Crippen molar-refractivity contribution in [1.29, 1.82) is 0 Å². The first kappa shape index (κ1) is 21.1. The van der Waals surface area contributed by atoms with Crippen LogP contribution in [0.15, 0.2) is 121 Å². The van der Waals surface area contributed by atoms with Crippen LogP contribution in [0.2, 0.25) is 12.1 Å². The molecule has 0 aliphatic carbocycles. The third-order valence-electron chi connectivity index (χ3n) is 5.74. The van der Waals surface area contributed by atoms with Crippen molar-refractivity contribution < 1.29 is 0 Å². The first-order chi connectivity index (χ1) is 14.6. The van der Waals surface area contributed by atoms with E-state index in [2.05, 4.69) is 121 Å². The van der Waals surface area contributed by atoms with Gasteiger partial charge in [-0.2, -0.15) is 22.2 Å². The minimum Gasteiger partial charge on any atom is -0.155 e. The topological polar surface area (TPSA) is 0 Å². The van der Waals surface area contributed by atoms with E-state index in [1.165, 1.54) is 20.7 Å². The standard InChI is InChI=1S/C26H24Cl2Si2/c27-29(23-13-5-1-6-14-23,24-15-7-2-8-16-24)21-22-30(28,25-17-9-3-10-18-25)26-19-11-4-12-20-26/h1-20H,21-22H2. The van der Waals surface area contributed by atoms with Crippen molar-refractivity contribution in [3.8, 4) is 0 Å². The first-order valence-electron chi connectivity index (χ1n) is 10.2. The highest BCUT2D eigenvalue weighted by atomic mass is 35.6. The van der Waals surface area contributed by atoms with Gasteiger partial charge in [0.05, 0.1) is 0 Å². The van der Waals surface area contributed by atoms with E-state index in [-0.39, 0.29) is 0 Å². The smallest absolute Gasteiger partial charge is 0.155 e. The van der Waals surface area contributed by atoms with Crippen LogP contribution in [-0.2, 0) is 0 Å². The van der Waals surface area contributed by atoms with Crippen molar-refractivity contribution in [2.45, 2.75) is 12.1 Å². The van der Waals surface area contributed by atoms with Gasteiger partial charge in [-0.3, -0.25) is 0 Å². The molecule has 0 saturated carbocycles. The van der Waals surface area contributed by atoms with Crippen LogP contribution >= 0.6 is 22.2 Å². The molecule has 0 radical (unpaired) electrons. The molecule has 4 heteroatoms. The molecule has 0 bridgehead atoms. The lowest BCUT2D eigenvalue weighted by atomic mass is 10.4. The van der Waals surface area contributed by atoms with E-state index < -0.39 is 14.8 Å². The van der Waals surface area contributed by atoms with Crippen LogP contribution in [0.3, 0.4) is 0 Å². The second kappa shape index (κ2) is 9.36. The van der Waals surface area contributed by atoms with Gasteiger partial charge in [-0.25, -0.2) is 0 Å². The highest BCUT2D eigenvalue weighted by molar-refractivity contribution is 7.37. The Kier molecular flexibility index (Phi) is 6.59. The average Bonchev–Trinajstić information content (AvgIpc) is 2.84. The van der Waals surface area contributed by atoms with E-state index in [0.29, 0.717) is 0 Å². The summed E-state index contributed by atoms with van der Waals surface area (Å²) < 4.78 is 0. The molecular weight excluding hydrogens is 439 g/mol. The number of benzene rings is 4. The molecule has 0 atom stereocenters. The van der Waals surface area contributed by atoms with Crippen molar-refractivity contribution >= 4 is 57.7 Å². The summed E-state index contributed by atoms with van der Waals surface area (Å²) in [5.74, 6) is 0. The van der Waals surface area contributed by atoms with E-state index in [4.69, 9.17) is 22.2 Å². The quantitative estimate of drug-likeness (QED) is 0.268. The molecule has 0 spiro atoms. The zero-order chi connectivity index (χ0) is 20.9. The maximum atomic E-state index is 7.57. The van der Waals surface area contributed by atoms with E-state index in [9.17, 15) is 0 Å². The van der Waals surface area contributed by atoms with Gasteiger partial charge in [-0.15, -0.1) is 0 Å². The highest BCUT2D eigenvalue weighted by Crippen LogP contribution is 2.26. The van der Waals surface area contributed by atoms with Crippen LogP contribution in [0.5, 0.6) is 0 Å². The van der Waals surface area contributed by atoms with Crippen LogP contribution in [0.4, 0.5) is 0 Å². The lowest BCUT2D eigenvalue weighted by molar-refractivity contribution is 1.36. The number of hydrogen-bond acceptors (Lipinski definition) is 0. The summed E-state index contributed by atoms with van der Waals surface area (Å²) in [6.45, 7) is 0. The molecule has 0 N–H and O–H groups in total. The van der Waals surface area contributed by atoms with Crippen LogP contribution in [0, 0.1) is 0 Å². The normalized spacial score (nSPS) is 11.9. The van der Waals surface area contributed by atoms with Crippen LogP contribution in [0.25, 0.3) is 0 Å². The van der Waals surface area contributed by atoms with Crippen molar-refractivity contribution in [3.05, 3.63) is 121 Å². The summed E-state index contributed by atoms with van der Waals surface area (Å²) in [4.78, 5) is 0. The fourth-order valence-electron chi connectivity index (χ4n) is 4.06. The summed E-state index contributed by atoms with van der Waals surface area (Å²) in [6.07, 6.45) is 0. The molecular formula is C26H24Cl2Si2. The largest absolute Gasteiger partial charge is 0.217 e. The fraction of sp³-hybridized carbons (Fsp3) is 0.0769. The fourth-order valence-corrected chi connectivity index (χ4v) is 14.7. The number of halogens is 2. The molecule has 0 unspecified atom stereocenters. The van der Waals surface area contributed by atoms with Gasteiger partial charge in [-0.05, 0) is 32.8 Å². The summed E-state index contributed by atoms with van der Waals surface area (Å²) in [5.41, 5.74) is 0. The van der Waals surface area contributed by atoms with Crippen molar-refractivity contribution in [1.82, 2.24) is 0 Å².